The van der Waals surface area contributed by atoms with Crippen LogP contribution in [0.4, 0.5) is 0 Å². The number of nitrogens with one attached hydrogen (secondary N) is 1. The third kappa shape index (κ3) is 5.85. The highest BCUT2D eigenvalue weighted by molar-refractivity contribution is 9.10. The average molecular weight is 364 g/mol. The molecule has 1 nitrogen and oxygen atoms in total. The second-order valence-corrected chi connectivity index (χ2v) is 7.22. The van der Waals surface area contributed by atoms with Crippen molar-refractivity contribution in [2.75, 3.05) is 12.3 Å². The van der Waals surface area contributed by atoms with Crippen LogP contribution in [-0.2, 0) is 6.42 Å². The van der Waals surface area contributed by atoms with Crippen LogP contribution in [0.3, 0.4) is 0 Å². The Morgan fingerprint density at radius 2 is 1.90 bits per heavy atom. The lowest BCUT2D eigenvalue weighted by Crippen LogP contribution is -2.33. The number of rotatable bonds is 7. The van der Waals surface area contributed by atoms with E-state index in [1.807, 2.05) is 11.8 Å². The molecule has 0 bridgehead atoms. The first-order chi connectivity index (χ1) is 10.2. The maximum Gasteiger partial charge on any atom is 0.0201 e. The number of thioether (sulfide) groups is 1. The summed E-state index contributed by atoms with van der Waals surface area (Å²) in [6.45, 7) is 5.31. The first-order valence-corrected chi connectivity index (χ1v) is 9.12. The van der Waals surface area contributed by atoms with Gasteiger partial charge >= 0.3 is 0 Å². The highest BCUT2D eigenvalue weighted by atomic mass is 79.9. The zero-order valence-electron chi connectivity index (χ0n) is 12.6. The van der Waals surface area contributed by atoms with Gasteiger partial charge in [0.2, 0.25) is 0 Å². The van der Waals surface area contributed by atoms with Crippen molar-refractivity contribution >= 4 is 27.7 Å². The molecule has 0 aliphatic rings. The number of likely N-dealkylation sites (N-methyl/N-ethyl adjacent to an activating group) is 1. The molecule has 1 atom stereocenters. The Morgan fingerprint density at radius 3 is 2.57 bits per heavy atom. The zero-order valence-corrected chi connectivity index (χ0v) is 15.0. The van der Waals surface area contributed by atoms with E-state index >= 15 is 0 Å². The molecule has 0 amide bonds. The molecule has 0 aliphatic heterocycles. The minimum absolute atomic E-state index is 0.496. The van der Waals surface area contributed by atoms with Gasteiger partial charge < -0.3 is 5.32 Å². The van der Waals surface area contributed by atoms with E-state index < -0.39 is 0 Å². The fraction of sp³-hybridized carbons (Fsp3) is 0.333. The number of benzene rings is 2. The van der Waals surface area contributed by atoms with Crippen molar-refractivity contribution in [2.45, 2.75) is 31.2 Å². The molecular weight excluding hydrogens is 342 g/mol. The van der Waals surface area contributed by atoms with Gasteiger partial charge in [0.1, 0.15) is 0 Å². The quantitative estimate of drug-likeness (QED) is 0.689. The summed E-state index contributed by atoms with van der Waals surface area (Å²) in [5, 5.41) is 3.60. The Kier molecular flexibility index (Phi) is 6.81. The third-order valence-electron chi connectivity index (χ3n) is 3.34. The topological polar surface area (TPSA) is 12.0 Å². The van der Waals surface area contributed by atoms with Crippen molar-refractivity contribution in [3.8, 4) is 0 Å². The summed E-state index contributed by atoms with van der Waals surface area (Å²) >= 11 is 5.47. The molecule has 0 saturated carbocycles. The third-order valence-corrected chi connectivity index (χ3v) is 5.00. The van der Waals surface area contributed by atoms with Crippen molar-refractivity contribution in [1.29, 1.82) is 0 Å². The molecular formula is C18H22BrNS. The predicted octanol–water partition coefficient (Wildman–Crippen LogP) is 5.07. The van der Waals surface area contributed by atoms with Crippen molar-refractivity contribution in [3.05, 3.63) is 64.1 Å². The molecule has 112 valence electrons. The zero-order chi connectivity index (χ0) is 15.1. The van der Waals surface area contributed by atoms with E-state index in [-0.39, 0.29) is 0 Å². The molecule has 0 saturated heterocycles. The van der Waals surface area contributed by atoms with Gasteiger partial charge in [-0.05, 0) is 49.7 Å². The summed E-state index contributed by atoms with van der Waals surface area (Å²) < 4.78 is 1.15. The van der Waals surface area contributed by atoms with Crippen LogP contribution >= 0.6 is 27.7 Å². The molecule has 0 aromatic heterocycles. The SMILES string of the molecule is CCNC(CSc1ccc(C)cc1)Cc1cccc(Br)c1. The molecule has 3 heteroatoms. The minimum Gasteiger partial charge on any atom is -0.313 e. The first-order valence-electron chi connectivity index (χ1n) is 7.34. The molecule has 1 unspecified atom stereocenters. The molecule has 1 N–H and O–H groups in total. The van der Waals surface area contributed by atoms with Gasteiger partial charge in [-0.2, -0.15) is 0 Å². The molecule has 0 fully saturated rings. The smallest absolute Gasteiger partial charge is 0.0201 e. The van der Waals surface area contributed by atoms with Gasteiger partial charge in [0, 0.05) is 21.2 Å². The number of halogens is 1. The van der Waals surface area contributed by atoms with E-state index in [4.69, 9.17) is 0 Å². The van der Waals surface area contributed by atoms with Crippen LogP contribution in [0.15, 0.2) is 57.9 Å². The molecule has 0 aliphatic carbocycles. The Hall–Kier alpha value is -0.770. The predicted molar refractivity (Wildman–Crippen MR) is 97.2 cm³/mol. The maximum absolute atomic E-state index is 3.60. The molecule has 2 aromatic rings. The van der Waals surface area contributed by atoms with Crippen LogP contribution < -0.4 is 5.32 Å². The summed E-state index contributed by atoms with van der Waals surface area (Å²) in [6, 6.07) is 17.9. The second-order valence-electron chi connectivity index (χ2n) is 5.21. The Morgan fingerprint density at radius 1 is 1.14 bits per heavy atom. The van der Waals surface area contributed by atoms with Crippen LogP contribution in [0.1, 0.15) is 18.1 Å². The van der Waals surface area contributed by atoms with Gasteiger partial charge in [0.25, 0.3) is 0 Å². The standard InChI is InChI=1S/C18H22BrNS/c1-3-20-17(12-15-5-4-6-16(19)11-15)13-21-18-9-7-14(2)8-10-18/h4-11,17,20H,3,12-13H2,1-2H3. The lowest BCUT2D eigenvalue weighted by Gasteiger charge is -2.18. The van der Waals surface area contributed by atoms with Crippen molar-refractivity contribution < 1.29 is 0 Å². The van der Waals surface area contributed by atoms with Crippen molar-refractivity contribution in [3.63, 3.8) is 0 Å². The average Bonchev–Trinajstić information content (AvgIpc) is 2.47. The fourth-order valence-corrected chi connectivity index (χ4v) is 3.66. The fourth-order valence-electron chi connectivity index (χ4n) is 2.26. The summed E-state index contributed by atoms with van der Waals surface area (Å²) in [4.78, 5) is 1.35. The van der Waals surface area contributed by atoms with E-state index in [9.17, 15) is 0 Å². The minimum atomic E-state index is 0.496. The van der Waals surface area contributed by atoms with Gasteiger partial charge in [-0.1, -0.05) is 52.7 Å². The van der Waals surface area contributed by atoms with Crippen LogP contribution in [0.25, 0.3) is 0 Å². The number of hydrogen-bond donors (Lipinski definition) is 1. The summed E-state index contributed by atoms with van der Waals surface area (Å²) in [5.74, 6) is 1.09. The van der Waals surface area contributed by atoms with Crippen molar-refractivity contribution in [2.24, 2.45) is 0 Å². The second kappa shape index (κ2) is 8.62. The molecule has 0 radical (unpaired) electrons. The van der Waals surface area contributed by atoms with Gasteiger partial charge in [0.05, 0.1) is 0 Å². The van der Waals surface area contributed by atoms with Crippen molar-refractivity contribution in [1.82, 2.24) is 5.32 Å². The Labute approximate surface area is 140 Å². The lowest BCUT2D eigenvalue weighted by atomic mass is 10.1. The molecule has 0 heterocycles. The van der Waals surface area contributed by atoms with Gasteiger partial charge in [-0.25, -0.2) is 0 Å². The normalized spacial score (nSPS) is 12.3. The molecule has 2 aromatic carbocycles. The van der Waals surface area contributed by atoms with E-state index in [1.165, 1.54) is 16.0 Å². The summed E-state index contributed by atoms with van der Waals surface area (Å²) in [5.41, 5.74) is 2.69. The van der Waals surface area contributed by atoms with E-state index in [0.29, 0.717) is 6.04 Å². The maximum atomic E-state index is 3.60. The summed E-state index contributed by atoms with van der Waals surface area (Å²) in [6.07, 6.45) is 1.06. The van der Waals surface area contributed by atoms with Crippen LogP contribution in [0.5, 0.6) is 0 Å². The van der Waals surface area contributed by atoms with Gasteiger partial charge in [0.15, 0.2) is 0 Å². The van der Waals surface area contributed by atoms with Crippen LogP contribution in [0.2, 0.25) is 0 Å². The summed E-state index contributed by atoms with van der Waals surface area (Å²) in [7, 11) is 0. The van der Waals surface area contributed by atoms with Gasteiger partial charge in [-0.15, -0.1) is 11.8 Å². The van der Waals surface area contributed by atoms with Crippen LogP contribution in [-0.4, -0.2) is 18.3 Å². The van der Waals surface area contributed by atoms with E-state index in [1.54, 1.807) is 0 Å². The number of hydrogen-bond acceptors (Lipinski definition) is 2. The largest absolute Gasteiger partial charge is 0.313 e. The Bertz CT molecular complexity index is 553. The molecule has 21 heavy (non-hydrogen) atoms. The highest BCUT2D eigenvalue weighted by Gasteiger charge is 2.09. The molecule has 2 rings (SSSR count). The van der Waals surface area contributed by atoms with Crippen LogP contribution in [0, 0.1) is 6.92 Å². The van der Waals surface area contributed by atoms with Gasteiger partial charge in [-0.3, -0.25) is 0 Å². The first kappa shape index (κ1) is 16.6. The number of aryl methyl sites for hydroxylation is 1. The Balaban J connectivity index is 1.93. The van der Waals surface area contributed by atoms with E-state index in [2.05, 4.69) is 83.6 Å². The van der Waals surface area contributed by atoms with E-state index in [0.717, 1.165) is 23.2 Å². The monoisotopic (exact) mass is 363 g/mol. The lowest BCUT2D eigenvalue weighted by molar-refractivity contribution is 0.572. The highest BCUT2D eigenvalue weighted by Crippen LogP contribution is 2.21. The molecule has 0 spiro atoms.